The first-order valence-electron chi connectivity index (χ1n) is 6.22. The molecule has 0 aliphatic rings. The lowest BCUT2D eigenvalue weighted by Crippen LogP contribution is -2.12. The van der Waals surface area contributed by atoms with E-state index in [1.807, 2.05) is 0 Å². The minimum absolute atomic E-state index is 0.0546. The fourth-order valence-corrected chi connectivity index (χ4v) is 3.19. The molecule has 1 unspecified atom stereocenters. The number of carbonyl (C=O) groups is 1. The molecule has 0 amide bonds. The average molecular weight is 311 g/mol. The number of aliphatic hydroxyl groups excluding tert-OH is 1. The monoisotopic (exact) mass is 311 g/mol. The van der Waals surface area contributed by atoms with Gasteiger partial charge in [0.25, 0.3) is 0 Å². The Morgan fingerprint density at radius 2 is 2.05 bits per heavy atom. The molecule has 1 aromatic heterocycles. The van der Waals surface area contributed by atoms with E-state index >= 15 is 0 Å². The summed E-state index contributed by atoms with van der Waals surface area (Å²) in [5, 5.41) is 10.7. The summed E-state index contributed by atoms with van der Waals surface area (Å²) in [6, 6.07) is 3.34. The number of rotatable bonds is 5. The zero-order valence-corrected chi connectivity index (χ0v) is 12.8. The van der Waals surface area contributed by atoms with Gasteiger partial charge in [0.15, 0.2) is 0 Å². The number of benzene rings is 1. The highest BCUT2D eigenvalue weighted by atomic mass is 32.1. The number of methoxy groups -OCH3 is 3. The Balaban J connectivity index is 2.76. The number of carbonyl (C=O) groups excluding carboxylic acids is 1. The van der Waals surface area contributed by atoms with Gasteiger partial charge in [-0.05, 0) is 12.1 Å². The van der Waals surface area contributed by atoms with Gasteiger partial charge >= 0.3 is 5.97 Å². The summed E-state index contributed by atoms with van der Waals surface area (Å²) in [6.07, 6.45) is -0.875. The topological polar surface area (TPSA) is 91.0 Å². The molecule has 2 rings (SSSR count). The number of thiophene rings is 1. The number of fused-ring (bicyclic) bond motifs is 1. The second-order valence-corrected chi connectivity index (χ2v) is 5.35. The third-order valence-corrected chi connectivity index (χ3v) is 4.27. The standard InChI is InChI=1S/C14H17NO5S/c1-18-10-4-7(9(16)6-15)12(19-2)8-5-11(14(17)20-3)21-13(8)10/h4-5,9,16H,6,15H2,1-3H3. The van der Waals surface area contributed by atoms with E-state index in [4.69, 9.17) is 19.9 Å². The number of hydrogen-bond donors (Lipinski definition) is 2. The third-order valence-electron chi connectivity index (χ3n) is 3.14. The van der Waals surface area contributed by atoms with Crippen molar-refractivity contribution in [2.75, 3.05) is 27.9 Å². The van der Waals surface area contributed by atoms with Crippen molar-refractivity contribution in [3.63, 3.8) is 0 Å². The molecule has 21 heavy (non-hydrogen) atoms. The van der Waals surface area contributed by atoms with Crippen LogP contribution in [0.15, 0.2) is 12.1 Å². The van der Waals surface area contributed by atoms with Gasteiger partial charge in [0, 0.05) is 17.5 Å². The first kappa shape index (κ1) is 15.6. The average Bonchev–Trinajstić information content (AvgIpc) is 2.96. The van der Waals surface area contributed by atoms with Crippen LogP contribution in [-0.2, 0) is 4.74 Å². The summed E-state index contributed by atoms with van der Waals surface area (Å²) in [5.74, 6) is 0.602. The highest BCUT2D eigenvalue weighted by molar-refractivity contribution is 7.21. The van der Waals surface area contributed by atoms with Crippen LogP contribution in [0.3, 0.4) is 0 Å². The number of aliphatic hydroxyl groups is 1. The van der Waals surface area contributed by atoms with Crippen LogP contribution in [0, 0.1) is 0 Å². The van der Waals surface area contributed by atoms with Gasteiger partial charge < -0.3 is 25.1 Å². The number of hydrogen-bond acceptors (Lipinski definition) is 7. The molecule has 0 radical (unpaired) electrons. The Bertz CT molecular complexity index is 667. The van der Waals surface area contributed by atoms with Gasteiger partial charge in [-0.3, -0.25) is 0 Å². The lowest BCUT2D eigenvalue weighted by molar-refractivity contribution is 0.0606. The Hall–Kier alpha value is -1.83. The molecule has 0 spiro atoms. The van der Waals surface area contributed by atoms with Crippen molar-refractivity contribution in [1.82, 2.24) is 0 Å². The third kappa shape index (κ3) is 2.67. The van der Waals surface area contributed by atoms with Crippen molar-refractivity contribution < 1.29 is 24.1 Å². The molecular formula is C14H17NO5S. The zero-order chi connectivity index (χ0) is 15.6. The highest BCUT2D eigenvalue weighted by Crippen LogP contribution is 2.43. The summed E-state index contributed by atoms with van der Waals surface area (Å²) in [5.41, 5.74) is 6.05. The molecule has 0 bridgehead atoms. The normalized spacial score (nSPS) is 12.2. The molecule has 1 aromatic carbocycles. The van der Waals surface area contributed by atoms with Gasteiger partial charge in [-0.15, -0.1) is 11.3 Å². The van der Waals surface area contributed by atoms with Crippen LogP contribution in [-0.4, -0.2) is 38.9 Å². The number of esters is 1. The molecular weight excluding hydrogens is 294 g/mol. The van der Waals surface area contributed by atoms with Crippen molar-refractivity contribution in [3.8, 4) is 11.5 Å². The molecule has 114 valence electrons. The maximum Gasteiger partial charge on any atom is 0.348 e. The van der Waals surface area contributed by atoms with Crippen LogP contribution in [0.25, 0.3) is 10.1 Å². The van der Waals surface area contributed by atoms with Crippen molar-refractivity contribution in [1.29, 1.82) is 0 Å². The molecule has 1 heterocycles. The maximum atomic E-state index is 11.7. The lowest BCUT2D eigenvalue weighted by Gasteiger charge is -2.16. The molecule has 0 saturated carbocycles. The Morgan fingerprint density at radius 3 is 2.57 bits per heavy atom. The first-order chi connectivity index (χ1) is 10.1. The summed E-state index contributed by atoms with van der Waals surface area (Å²) in [4.78, 5) is 12.1. The SMILES string of the molecule is COC(=O)c1cc2c(OC)c(C(O)CN)cc(OC)c2s1. The zero-order valence-electron chi connectivity index (χ0n) is 12.0. The predicted molar refractivity (Wildman–Crippen MR) is 80.3 cm³/mol. The van der Waals surface area contributed by atoms with Crippen LogP contribution in [0.1, 0.15) is 21.3 Å². The van der Waals surface area contributed by atoms with Gasteiger partial charge in [-0.2, -0.15) is 0 Å². The fourth-order valence-electron chi connectivity index (χ4n) is 2.13. The van der Waals surface area contributed by atoms with Crippen molar-refractivity contribution in [2.24, 2.45) is 5.73 Å². The lowest BCUT2D eigenvalue weighted by atomic mass is 10.0. The first-order valence-corrected chi connectivity index (χ1v) is 7.03. The predicted octanol–water partition coefficient (Wildman–Crippen LogP) is 1.70. The fraction of sp³-hybridized carbons (Fsp3) is 0.357. The molecule has 0 fully saturated rings. The van der Waals surface area contributed by atoms with E-state index < -0.39 is 12.1 Å². The molecule has 0 saturated heterocycles. The van der Waals surface area contributed by atoms with Crippen molar-refractivity contribution in [2.45, 2.75) is 6.10 Å². The smallest absolute Gasteiger partial charge is 0.348 e. The van der Waals surface area contributed by atoms with E-state index in [1.165, 1.54) is 32.7 Å². The summed E-state index contributed by atoms with van der Waals surface area (Å²) in [6.45, 7) is 0.0546. The Labute approximate surface area is 126 Å². The van der Waals surface area contributed by atoms with Gasteiger partial charge in [0.1, 0.15) is 16.4 Å². The second-order valence-electron chi connectivity index (χ2n) is 4.30. The van der Waals surface area contributed by atoms with Crippen LogP contribution in [0.5, 0.6) is 11.5 Å². The molecule has 2 aromatic rings. The van der Waals surface area contributed by atoms with Crippen LogP contribution in [0.2, 0.25) is 0 Å². The van der Waals surface area contributed by atoms with Crippen LogP contribution >= 0.6 is 11.3 Å². The Kier molecular flexibility index (Phi) is 4.66. The molecule has 0 aliphatic carbocycles. The summed E-state index contributed by atoms with van der Waals surface area (Å²) < 4.78 is 16.2. The quantitative estimate of drug-likeness (QED) is 0.817. The van der Waals surface area contributed by atoms with Gasteiger partial charge in [-0.25, -0.2) is 4.79 Å². The molecule has 1 atom stereocenters. The van der Waals surface area contributed by atoms with Gasteiger partial charge in [0.2, 0.25) is 0 Å². The van der Waals surface area contributed by atoms with Crippen molar-refractivity contribution in [3.05, 3.63) is 22.6 Å². The van der Waals surface area contributed by atoms with E-state index in [-0.39, 0.29) is 6.54 Å². The molecule has 7 heteroatoms. The van der Waals surface area contributed by atoms with Crippen LogP contribution in [0.4, 0.5) is 0 Å². The van der Waals surface area contributed by atoms with Gasteiger partial charge in [0.05, 0.1) is 32.1 Å². The number of nitrogens with two attached hydrogens (primary N) is 1. The van der Waals surface area contributed by atoms with Gasteiger partial charge in [-0.1, -0.05) is 0 Å². The Morgan fingerprint density at radius 1 is 1.33 bits per heavy atom. The second kappa shape index (κ2) is 6.30. The van der Waals surface area contributed by atoms with Crippen molar-refractivity contribution >= 4 is 27.4 Å². The largest absolute Gasteiger partial charge is 0.496 e. The summed E-state index contributed by atoms with van der Waals surface area (Å²) >= 11 is 1.25. The molecule has 0 aliphatic heterocycles. The minimum Gasteiger partial charge on any atom is -0.496 e. The molecule has 6 nitrogen and oxygen atoms in total. The summed E-state index contributed by atoms with van der Waals surface area (Å²) in [7, 11) is 4.35. The highest BCUT2D eigenvalue weighted by Gasteiger charge is 2.22. The van der Waals surface area contributed by atoms with E-state index in [2.05, 4.69) is 0 Å². The number of ether oxygens (including phenoxy) is 3. The molecule has 3 N–H and O–H groups in total. The minimum atomic E-state index is -0.875. The van der Waals surface area contributed by atoms with E-state index in [0.717, 1.165) is 4.70 Å². The van der Waals surface area contributed by atoms with E-state index in [1.54, 1.807) is 12.1 Å². The van der Waals surface area contributed by atoms with E-state index in [0.29, 0.717) is 27.3 Å². The van der Waals surface area contributed by atoms with E-state index in [9.17, 15) is 9.90 Å². The maximum absolute atomic E-state index is 11.7. The van der Waals surface area contributed by atoms with Crippen LogP contribution < -0.4 is 15.2 Å².